The van der Waals surface area contributed by atoms with Gasteiger partial charge in [0.15, 0.2) is 5.96 Å². The predicted octanol–water partition coefficient (Wildman–Crippen LogP) is 4.78. The third-order valence-corrected chi connectivity index (χ3v) is 5.24. The fraction of sp³-hybridized carbons (Fsp3) is 0.429. The molecule has 1 aromatic carbocycles. The molecule has 3 N–H and O–H groups in total. The van der Waals surface area contributed by atoms with Crippen molar-refractivity contribution >= 4 is 52.9 Å². The molecule has 0 aliphatic carbocycles. The van der Waals surface area contributed by atoms with Crippen LogP contribution >= 0.6 is 35.3 Å². The molecule has 1 aromatic heterocycles. The minimum atomic E-state index is -0.0280. The van der Waals surface area contributed by atoms with Gasteiger partial charge >= 0.3 is 0 Å². The van der Waals surface area contributed by atoms with Crippen LogP contribution in [0.15, 0.2) is 41.4 Å². The van der Waals surface area contributed by atoms with Gasteiger partial charge in [-0.25, -0.2) is 4.99 Å². The van der Waals surface area contributed by atoms with Gasteiger partial charge in [-0.1, -0.05) is 32.9 Å². The lowest BCUT2D eigenvalue weighted by Crippen LogP contribution is -2.36. The molecule has 7 heteroatoms. The molecule has 2 rings (SSSR count). The Balaban J connectivity index is 0.00000392. The van der Waals surface area contributed by atoms with Gasteiger partial charge in [-0.3, -0.25) is 4.79 Å². The van der Waals surface area contributed by atoms with Crippen molar-refractivity contribution in [1.82, 2.24) is 10.6 Å². The van der Waals surface area contributed by atoms with Crippen molar-refractivity contribution in [2.45, 2.75) is 47.2 Å². The number of thiophene rings is 1. The zero-order valence-electron chi connectivity index (χ0n) is 17.0. The second kappa shape index (κ2) is 12.8. The third-order valence-electron chi connectivity index (χ3n) is 4.01. The standard InChI is InChI=1S/C21H30N4OS.HI/c1-5-18-11-12-19(27-18)14-24-21(22-6-2)23-13-16-7-9-17(10-8-16)25-20(26)15(3)4;/h7-12,15H,5-6,13-14H2,1-4H3,(H,25,26)(H2,22,23,24);1H. The van der Waals surface area contributed by atoms with Gasteiger partial charge in [-0.2, -0.15) is 0 Å². The van der Waals surface area contributed by atoms with E-state index in [9.17, 15) is 4.79 Å². The minimum absolute atomic E-state index is 0. The number of carbonyl (C=O) groups excluding carboxylic acids is 1. The maximum absolute atomic E-state index is 11.7. The van der Waals surface area contributed by atoms with Gasteiger partial charge in [0.05, 0.1) is 13.1 Å². The number of aliphatic imine (C=N–C) groups is 1. The monoisotopic (exact) mass is 514 g/mol. The summed E-state index contributed by atoms with van der Waals surface area (Å²) >= 11 is 1.84. The van der Waals surface area contributed by atoms with E-state index in [1.54, 1.807) is 0 Å². The van der Waals surface area contributed by atoms with Crippen LogP contribution in [-0.2, 0) is 24.3 Å². The fourth-order valence-corrected chi connectivity index (χ4v) is 3.27. The molecule has 0 fully saturated rings. The van der Waals surface area contributed by atoms with E-state index in [-0.39, 0.29) is 35.8 Å². The highest BCUT2D eigenvalue weighted by Gasteiger charge is 2.07. The number of anilines is 1. The van der Waals surface area contributed by atoms with Gasteiger partial charge in [0.2, 0.25) is 5.91 Å². The molecule has 5 nitrogen and oxygen atoms in total. The van der Waals surface area contributed by atoms with Crippen LogP contribution in [0.3, 0.4) is 0 Å². The summed E-state index contributed by atoms with van der Waals surface area (Å²) in [5.41, 5.74) is 1.91. The SMILES string of the molecule is CCNC(=NCc1ccc(NC(=O)C(C)C)cc1)NCc1ccc(CC)s1.I. The normalized spacial score (nSPS) is 11.1. The molecule has 1 amide bonds. The predicted molar refractivity (Wildman–Crippen MR) is 131 cm³/mol. The molecule has 2 aromatic rings. The first-order valence-corrected chi connectivity index (χ1v) is 10.3. The number of guanidine groups is 1. The lowest BCUT2D eigenvalue weighted by atomic mass is 10.2. The Labute approximate surface area is 189 Å². The molecule has 0 atom stereocenters. The summed E-state index contributed by atoms with van der Waals surface area (Å²) in [6.07, 6.45) is 1.08. The van der Waals surface area contributed by atoms with E-state index >= 15 is 0 Å². The van der Waals surface area contributed by atoms with Crippen molar-refractivity contribution < 1.29 is 4.79 Å². The number of aryl methyl sites for hydroxylation is 1. The minimum Gasteiger partial charge on any atom is -0.357 e. The number of hydrogen-bond donors (Lipinski definition) is 3. The number of amides is 1. The summed E-state index contributed by atoms with van der Waals surface area (Å²) < 4.78 is 0. The smallest absolute Gasteiger partial charge is 0.226 e. The van der Waals surface area contributed by atoms with Gasteiger partial charge in [-0.15, -0.1) is 35.3 Å². The maximum Gasteiger partial charge on any atom is 0.226 e. The van der Waals surface area contributed by atoms with E-state index in [2.05, 4.69) is 46.9 Å². The Hall–Kier alpha value is -1.61. The molecule has 0 saturated heterocycles. The lowest BCUT2D eigenvalue weighted by molar-refractivity contribution is -0.118. The summed E-state index contributed by atoms with van der Waals surface area (Å²) in [7, 11) is 0. The molecule has 0 unspecified atom stereocenters. The molecule has 0 aliphatic heterocycles. The molecule has 0 spiro atoms. The van der Waals surface area contributed by atoms with E-state index in [1.807, 2.05) is 49.4 Å². The van der Waals surface area contributed by atoms with Crippen molar-refractivity contribution in [2.75, 3.05) is 11.9 Å². The second-order valence-electron chi connectivity index (χ2n) is 6.61. The quantitative estimate of drug-likeness (QED) is 0.270. The molecule has 0 saturated carbocycles. The Morgan fingerprint density at radius 2 is 1.71 bits per heavy atom. The maximum atomic E-state index is 11.7. The Morgan fingerprint density at radius 1 is 1.04 bits per heavy atom. The van der Waals surface area contributed by atoms with Crippen molar-refractivity contribution in [2.24, 2.45) is 10.9 Å². The summed E-state index contributed by atoms with van der Waals surface area (Å²) in [6.45, 7) is 10.2. The highest BCUT2D eigenvalue weighted by molar-refractivity contribution is 14.0. The number of nitrogens with zero attached hydrogens (tertiary/aromatic N) is 1. The molecule has 0 aliphatic rings. The van der Waals surface area contributed by atoms with Gasteiger partial charge in [0.1, 0.15) is 0 Å². The molecule has 28 heavy (non-hydrogen) atoms. The summed E-state index contributed by atoms with van der Waals surface area (Å²) in [6, 6.07) is 12.2. The van der Waals surface area contributed by atoms with Gasteiger partial charge in [0, 0.05) is 27.9 Å². The number of halogens is 1. The van der Waals surface area contributed by atoms with E-state index in [4.69, 9.17) is 0 Å². The molecular weight excluding hydrogens is 483 g/mol. The average molecular weight is 514 g/mol. The van der Waals surface area contributed by atoms with Crippen molar-refractivity contribution in [3.05, 3.63) is 51.7 Å². The summed E-state index contributed by atoms with van der Waals surface area (Å²) in [5.74, 6) is 0.806. The second-order valence-corrected chi connectivity index (χ2v) is 7.86. The number of benzene rings is 1. The zero-order chi connectivity index (χ0) is 19.6. The zero-order valence-corrected chi connectivity index (χ0v) is 20.2. The van der Waals surface area contributed by atoms with Gasteiger partial charge in [0.25, 0.3) is 0 Å². The Kier molecular flexibility index (Phi) is 11.1. The topological polar surface area (TPSA) is 65.5 Å². The van der Waals surface area contributed by atoms with Crippen molar-refractivity contribution in [1.29, 1.82) is 0 Å². The first-order chi connectivity index (χ1) is 13.0. The van der Waals surface area contributed by atoms with Crippen LogP contribution in [0.5, 0.6) is 0 Å². The van der Waals surface area contributed by atoms with E-state index in [0.717, 1.165) is 36.7 Å². The van der Waals surface area contributed by atoms with Crippen LogP contribution in [0.2, 0.25) is 0 Å². The largest absolute Gasteiger partial charge is 0.357 e. The Morgan fingerprint density at radius 3 is 2.29 bits per heavy atom. The van der Waals surface area contributed by atoms with Gasteiger partial charge in [-0.05, 0) is 43.2 Å². The molecule has 1 heterocycles. The van der Waals surface area contributed by atoms with Crippen LogP contribution in [0.1, 0.15) is 43.0 Å². The lowest BCUT2D eigenvalue weighted by Gasteiger charge is -2.11. The van der Waals surface area contributed by atoms with Crippen LogP contribution in [0, 0.1) is 5.92 Å². The van der Waals surface area contributed by atoms with E-state index < -0.39 is 0 Å². The van der Waals surface area contributed by atoms with Crippen molar-refractivity contribution in [3.63, 3.8) is 0 Å². The van der Waals surface area contributed by atoms with E-state index in [0.29, 0.717) is 6.54 Å². The Bertz CT molecular complexity index is 756. The fourth-order valence-electron chi connectivity index (χ4n) is 2.37. The highest BCUT2D eigenvalue weighted by Crippen LogP contribution is 2.16. The average Bonchev–Trinajstić information content (AvgIpc) is 3.13. The van der Waals surface area contributed by atoms with Crippen molar-refractivity contribution in [3.8, 4) is 0 Å². The van der Waals surface area contributed by atoms with Crippen LogP contribution in [-0.4, -0.2) is 18.4 Å². The van der Waals surface area contributed by atoms with Crippen LogP contribution in [0.25, 0.3) is 0 Å². The number of rotatable bonds is 8. The first-order valence-electron chi connectivity index (χ1n) is 9.51. The molecule has 154 valence electrons. The van der Waals surface area contributed by atoms with E-state index in [1.165, 1.54) is 9.75 Å². The third kappa shape index (κ3) is 8.18. The summed E-state index contributed by atoms with van der Waals surface area (Å²) in [4.78, 5) is 19.1. The number of hydrogen-bond acceptors (Lipinski definition) is 3. The molecule has 0 bridgehead atoms. The van der Waals surface area contributed by atoms with Gasteiger partial charge < -0.3 is 16.0 Å². The van der Waals surface area contributed by atoms with Crippen LogP contribution in [0.4, 0.5) is 5.69 Å². The molecular formula is C21H31IN4OS. The molecule has 0 radical (unpaired) electrons. The highest BCUT2D eigenvalue weighted by atomic mass is 127. The number of carbonyl (C=O) groups is 1. The summed E-state index contributed by atoms with van der Waals surface area (Å²) in [5, 5.41) is 9.57. The first kappa shape index (κ1) is 24.4. The number of nitrogens with one attached hydrogen (secondary N) is 3. The van der Waals surface area contributed by atoms with Crippen LogP contribution < -0.4 is 16.0 Å².